The molecule has 178 valence electrons. The summed E-state index contributed by atoms with van der Waals surface area (Å²) in [5.41, 5.74) is 0.885. The molecule has 0 aliphatic carbocycles. The highest BCUT2D eigenvalue weighted by Crippen LogP contribution is 2.25. The van der Waals surface area contributed by atoms with Gasteiger partial charge >= 0.3 is 0 Å². The maximum Gasteiger partial charge on any atom is 0.269 e. The van der Waals surface area contributed by atoms with Gasteiger partial charge in [-0.15, -0.1) is 10.2 Å². The second-order valence-corrected chi connectivity index (χ2v) is 9.12. The molecule has 0 saturated heterocycles. The van der Waals surface area contributed by atoms with Crippen molar-refractivity contribution in [1.82, 2.24) is 20.1 Å². The fraction of sp³-hybridized carbons (Fsp3) is 0.273. The fourth-order valence-corrected chi connectivity index (χ4v) is 3.92. The van der Waals surface area contributed by atoms with E-state index < -0.39 is 11.0 Å². The molecule has 10 nitrogen and oxygen atoms in total. The van der Waals surface area contributed by atoms with Crippen molar-refractivity contribution in [3.63, 3.8) is 0 Å². The van der Waals surface area contributed by atoms with Crippen LogP contribution in [-0.2, 0) is 11.8 Å². The van der Waals surface area contributed by atoms with Gasteiger partial charge in [0.15, 0.2) is 11.0 Å². The van der Waals surface area contributed by atoms with Crippen molar-refractivity contribution >= 4 is 46.6 Å². The second kappa shape index (κ2) is 11.1. The van der Waals surface area contributed by atoms with Crippen molar-refractivity contribution in [1.29, 1.82) is 0 Å². The van der Waals surface area contributed by atoms with E-state index in [1.165, 1.54) is 36.0 Å². The Balaban J connectivity index is 1.63. The van der Waals surface area contributed by atoms with Gasteiger partial charge in [0.1, 0.15) is 0 Å². The van der Waals surface area contributed by atoms with Gasteiger partial charge in [-0.3, -0.25) is 19.7 Å². The molecule has 3 rings (SSSR count). The van der Waals surface area contributed by atoms with Crippen LogP contribution in [0.2, 0.25) is 5.02 Å². The smallest absolute Gasteiger partial charge is 0.269 e. The molecule has 0 saturated carbocycles. The Morgan fingerprint density at radius 2 is 1.76 bits per heavy atom. The Hall–Kier alpha value is -3.44. The fourth-order valence-electron chi connectivity index (χ4n) is 3.07. The summed E-state index contributed by atoms with van der Waals surface area (Å²) in [5, 5.41) is 25.9. The summed E-state index contributed by atoms with van der Waals surface area (Å²) in [4.78, 5) is 35.2. The van der Waals surface area contributed by atoms with Crippen LogP contribution in [-0.4, -0.2) is 37.3 Å². The summed E-state index contributed by atoms with van der Waals surface area (Å²) in [7, 11) is 1.77. The maximum absolute atomic E-state index is 12.7. The lowest BCUT2D eigenvalue weighted by Crippen LogP contribution is -2.33. The first-order chi connectivity index (χ1) is 16.2. The molecular weight excluding hydrogens is 480 g/mol. The van der Waals surface area contributed by atoms with E-state index in [-0.39, 0.29) is 29.2 Å². The van der Waals surface area contributed by atoms with Gasteiger partial charge in [-0.25, -0.2) is 0 Å². The number of non-ortho nitro benzene ring substituents is 1. The minimum Gasteiger partial charge on any atom is -0.342 e. The van der Waals surface area contributed by atoms with Gasteiger partial charge in [-0.05, 0) is 42.3 Å². The molecule has 3 aromatic rings. The van der Waals surface area contributed by atoms with Gasteiger partial charge in [0.25, 0.3) is 11.6 Å². The van der Waals surface area contributed by atoms with Crippen LogP contribution in [0.25, 0.3) is 0 Å². The van der Waals surface area contributed by atoms with Crippen LogP contribution in [0.3, 0.4) is 0 Å². The molecule has 0 radical (unpaired) electrons. The summed E-state index contributed by atoms with van der Waals surface area (Å²) in [6, 6.07) is 11.8. The van der Waals surface area contributed by atoms with E-state index >= 15 is 0 Å². The van der Waals surface area contributed by atoms with E-state index in [2.05, 4.69) is 20.8 Å². The Morgan fingerprint density at radius 3 is 2.35 bits per heavy atom. The molecule has 0 aliphatic heterocycles. The van der Waals surface area contributed by atoms with Crippen molar-refractivity contribution in [2.24, 2.45) is 13.0 Å². The monoisotopic (exact) mass is 502 g/mol. The largest absolute Gasteiger partial charge is 0.342 e. The lowest BCUT2D eigenvalue weighted by atomic mass is 10.0. The number of nitro benzene ring substituents is 1. The molecule has 0 fully saturated rings. The van der Waals surface area contributed by atoms with Crippen LogP contribution in [0.4, 0.5) is 11.4 Å². The van der Waals surface area contributed by atoms with Crippen LogP contribution >= 0.6 is 23.4 Å². The SMILES string of the molecule is CC(C)[C@H](NC(=O)c1ccc(Cl)cc1)c1nnc(SCC(=O)Nc2ccc([N+](=O)[O-])cc2)n1C. The molecule has 0 spiro atoms. The molecule has 1 aromatic heterocycles. The highest BCUT2D eigenvalue weighted by molar-refractivity contribution is 7.99. The molecule has 1 atom stereocenters. The van der Waals surface area contributed by atoms with E-state index in [1.807, 2.05) is 13.8 Å². The van der Waals surface area contributed by atoms with Gasteiger partial charge in [-0.2, -0.15) is 0 Å². The second-order valence-electron chi connectivity index (χ2n) is 7.74. The number of aromatic nitrogens is 3. The first kappa shape index (κ1) is 25.2. The predicted octanol–water partition coefficient (Wildman–Crippen LogP) is 4.23. The molecule has 2 aromatic carbocycles. The van der Waals surface area contributed by atoms with Gasteiger partial charge in [0, 0.05) is 35.5 Å². The Kier molecular flexibility index (Phi) is 8.24. The number of anilines is 1. The normalized spacial score (nSPS) is 11.8. The Labute approximate surface area is 205 Å². The zero-order chi connectivity index (χ0) is 24.8. The van der Waals surface area contributed by atoms with Crippen LogP contribution in [0, 0.1) is 16.0 Å². The molecule has 1 heterocycles. The molecule has 0 unspecified atom stereocenters. The summed E-state index contributed by atoms with van der Waals surface area (Å²) < 4.78 is 1.75. The highest BCUT2D eigenvalue weighted by Gasteiger charge is 2.25. The van der Waals surface area contributed by atoms with Gasteiger partial charge in [-0.1, -0.05) is 37.2 Å². The van der Waals surface area contributed by atoms with E-state index in [1.54, 1.807) is 35.9 Å². The minimum atomic E-state index is -0.505. The van der Waals surface area contributed by atoms with Gasteiger partial charge < -0.3 is 15.2 Å². The number of nitrogens with zero attached hydrogens (tertiary/aromatic N) is 4. The van der Waals surface area contributed by atoms with Crippen LogP contribution < -0.4 is 10.6 Å². The molecule has 34 heavy (non-hydrogen) atoms. The third-order valence-corrected chi connectivity index (χ3v) is 6.17. The van der Waals surface area contributed by atoms with E-state index in [4.69, 9.17) is 11.6 Å². The molecule has 2 N–H and O–H groups in total. The first-order valence-corrected chi connectivity index (χ1v) is 11.6. The number of hydrogen-bond acceptors (Lipinski definition) is 7. The van der Waals surface area contributed by atoms with Crippen molar-refractivity contribution in [3.05, 3.63) is 75.1 Å². The van der Waals surface area contributed by atoms with E-state index in [9.17, 15) is 19.7 Å². The number of rotatable bonds is 9. The summed E-state index contributed by atoms with van der Waals surface area (Å²) in [5.74, 6) is 0.111. The quantitative estimate of drug-likeness (QED) is 0.254. The number of carbonyl (C=O) groups excluding carboxylic acids is 2. The van der Waals surface area contributed by atoms with Crippen molar-refractivity contribution in [2.75, 3.05) is 11.1 Å². The predicted molar refractivity (Wildman–Crippen MR) is 130 cm³/mol. The average molecular weight is 503 g/mol. The lowest BCUT2D eigenvalue weighted by molar-refractivity contribution is -0.384. The molecule has 0 aliphatic rings. The van der Waals surface area contributed by atoms with E-state index in [0.717, 1.165) is 0 Å². The minimum absolute atomic E-state index is 0.0300. The number of carbonyl (C=O) groups is 2. The first-order valence-electron chi connectivity index (χ1n) is 10.3. The van der Waals surface area contributed by atoms with Crippen molar-refractivity contribution < 1.29 is 14.5 Å². The van der Waals surface area contributed by atoms with Crippen LogP contribution in [0.15, 0.2) is 53.7 Å². The van der Waals surface area contributed by atoms with Gasteiger partial charge in [0.2, 0.25) is 5.91 Å². The molecule has 0 bridgehead atoms. The number of benzene rings is 2. The standard InChI is InChI=1S/C22H23ClN6O4S/c1-13(2)19(25-21(31)14-4-6-15(23)7-5-14)20-26-27-22(28(20)3)34-12-18(30)24-16-8-10-17(11-9-16)29(32)33/h4-11,13,19H,12H2,1-3H3,(H,24,30)(H,25,31)/t19-/m0/s1. The van der Waals surface area contributed by atoms with E-state index in [0.29, 0.717) is 27.3 Å². The molecule has 2 amide bonds. The lowest BCUT2D eigenvalue weighted by Gasteiger charge is -2.21. The summed E-state index contributed by atoms with van der Waals surface area (Å²) >= 11 is 7.09. The third kappa shape index (κ3) is 6.33. The maximum atomic E-state index is 12.7. The summed E-state index contributed by atoms with van der Waals surface area (Å²) in [6.07, 6.45) is 0. The van der Waals surface area contributed by atoms with Crippen LogP contribution in [0.1, 0.15) is 36.1 Å². The van der Waals surface area contributed by atoms with Crippen molar-refractivity contribution in [2.45, 2.75) is 25.0 Å². The number of amides is 2. The third-order valence-electron chi connectivity index (χ3n) is 4.90. The number of halogens is 1. The van der Waals surface area contributed by atoms with Crippen LogP contribution in [0.5, 0.6) is 0 Å². The number of nitrogens with one attached hydrogen (secondary N) is 2. The zero-order valence-corrected chi connectivity index (χ0v) is 20.3. The average Bonchev–Trinajstić information content (AvgIpc) is 3.16. The van der Waals surface area contributed by atoms with Crippen molar-refractivity contribution in [3.8, 4) is 0 Å². The molecule has 12 heteroatoms. The Bertz CT molecular complexity index is 1180. The topological polar surface area (TPSA) is 132 Å². The number of hydrogen-bond donors (Lipinski definition) is 2. The molecular formula is C22H23ClN6O4S. The highest BCUT2D eigenvalue weighted by atomic mass is 35.5. The number of thioether (sulfide) groups is 1. The Morgan fingerprint density at radius 1 is 1.12 bits per heavy atom. The zero-order valence-electron chi connectivity index (χ0n) is 18.7. The summed E-state index contributed by atoms with van der Waals surface area (Å²) in [6.45, 7) is 3.93. The van der Waals surface area contributed by atoms with Gasteiger partial charge in [0.05, 0.1) is 16.7 Å². The number of nitro groups is 1.